The average molecular weight is 474 g/mol. The molecule has 10 heteroatoms. The number of alkyl carbamates (subject to hydrolysis) is 1. The molecule has 1 aromatic heterocycles. The van der Waals surface area contributed by atoms with E-state index in [0.29, 0.717) is 11.5 Å². The third-order valence-corrected chi connectivity index (χ3v) is 5.57. The first kappa shape index (κ1) is 25.2. The second kappa shape index (κ2) is 10.2. The molecule has 4 N–H and O–H groups in total. The summed E-state index contributed by atoms with van der Waals surface area (Å²) in [5.74, 6) is -0.486. The fourth-order valence-corrected chi connectivity index (χ4v) is 3.82. The molecule has 1 saturated carbocycles. The van der Waals surface area contributed by atoms with Crippen molar-refractivity contribution in [3.05, 3.63) is 40.8 Å². The Morgan fingerprint density at radius 3 is 2.35 bits per heavy atom. The first-order valence-corrected chi connectivity index (χ1v) is 11.2. The van der Waals surface area contributed by atoms with Crippen LogP contribution in [-0.4, -0.2) is 46.6 Å². The van der Waals surface area contributed by atoms with Gasteiger partial charge in [-0.2, -0.15) is 4.98 Å². The number of methoxy groups -OCH3 is 1. The first-order chi connectivity index (χ1) is 16.0. The Balaban J connectivity index is 1.61. The van der Waals surface area contributed by atoms with E-state index in [-0.39, 0.29) is 34.8 Å². The van der Waals surface area contributed by atoms with Crippen molar-refractivity contribution in [2.45, 2.75) is 71.1 Å². The molecule has 0 saturated heterocycles. The number of nitrogens with two attached hydrogens (primary N) is 1. The number of rotatable bonds is 6. The van der Waals surface area contributed by atoms with E-state index in [0.717, 1.165) is 31.7 Å². The third kappa shape index (κ3) is 6.33. The Hall–Kier alpha value is -3.43. The molecule has 184 valence electrons. The zero-order valence-corrected chi connectivity index (χ0v) is 20.2. The van der Waals surface area contributed by atoms with Gasteiger partial charge in [0.15, 0.2) is 0 Å². The van der Waals surface area contributed by atoms with Gasteiger partial charge in [0.05, 0.1) is 18.2 Å². The molecule has 0 radical (unpaired) electrons. The van der Waals surface area contributed by atoms with E-state index in [2.05, 4.69) is 20.6 Å². The molecular weight excluding hydrogens is 441 g/mol. The van der Waals surface area contributed by atoms with Gasteiger partial charge in [0.2, 0.25) is 11.7 Å². The van der Waals surface area contributed by atoms with Gasteiger partial charge in [0.1, 0.15) is 23.0 Å². The predicted molar refractivity (Wildman–Crippen MR) is 127 cm³/mol. The number of nitrogens with zero attached hydrogens (tertiary/aromatic N) is 2. The number of amides is 1. The van der Waals surface area contributed by atoms with E-state index < -0.39 is 23.3 Å². The molecule has 9 nitrogen and oxygen atoms in total. The highest BCUT2D eigenvalue weighted by atomic mass is 19.1. The Bertz CT molecular complexity index is 1060. The van der Waals surface area contributed by atoms with Gasteiger partial charge in [-0.1, -0.05) is 0 Å². The summed E-state index contributed by atoms with van der Waals surface area (Å²) in [4.78, 5) is 33.4. The Morgan fingerprint density at radius 1 is 1.12 bits per heavy atom. The number of anilines is 2. The second-order valence-corrected chi connectivity index (χ2v) is 9.46. The molecule has 1 aromatic carbocycles. The van der Waals surface area contributed by atoms with Crippen LogP contribution in [0.5, 0.6) is 5.75 Å². The number of ketones is 1. The standard InChI is InChI=1S/C24H32FN5O4/c1-13-10-19(33-5)16(11-18(13)25)20(31)17-12-27-22(30-21(17)26)28-14-6-8-15(9-7-14)29-23(32)34-24(2,3)4/h10-12,14-15H,6-9H2,1-5H3,(H,29,32)(H3,26,27,28,30). The Labute approximate surface area is 198 Å². The number of benzene rings is 1. The molecule has 1 aliphatic carbocycles. The van der Waals surface area contributed by atoms with Crippen molar-refractivity contribution in [2.75, 3.05) is 18.2 Å². The highest BCUT2D eigenvalue weighted by Gasteiger charge is 2.26. The SMILES string of the molecule is COc1cc(C)c(F)cc1C(=O)c1cnc(NC2CCC(NC(=O)OC(C)(C)C)CC2)nc1N. The first-order valence-electron chi connectivity index (χ1n) is 11.2. The van der Waals surface area contributed by atoms with Gasteiger partial charge in [-0.3, -0.25) is 4.79 Å². The number of hydrogen-bond donors (Lipinski definition) is 3. The van der Waals surface area contributed by atoms with E-state index in [1.54, 1.807) is 6.92 Å². The van der Waals surface area contributed by atoms with Crippen molar-refractivity contribution < 1.29 is 23.5 Å². The molecule has 2 aromatic rings. The Kier molecular flexibility index (Phi) is 7.58. The van der Waals surface area contributed by atoms with Crippen molar-refractivity contribution in [3.8, 4) is 5.75 Å². The minimum Gasteiger partial charge on any atom is -0.496 e. The maximum Gasteiger partial charge on any atom is 0.407 e. The van der Waals surface area contributed by atoms with Crippen LogP contribution in [0.3, 0.4) is 0 Å². The van der Waals surface area contributed by atoms with Crippen molar-refractivity contribution >= 4 is 23.6 Å². The highest BCUT2D eigenvalue weighted by molar-refractivity contribution is 6.13. The number of aromatic nitrogens is 2. The van der Waals surface area contributed by atoms with Gasteiger partial charge in [-0.25, -0.2) is 14.2 Å². The minimum atomic E-state index is -0.535. The number of carbonyl (C=O) groups excluding carboxylic acids is 2. The van der Waals surface area contributed by atoms with Crippen molar-refractivity contribution in [1.29, 1.82) is 0 Å². The number of nitrogen functional groups attached to an aromatic ring is 1. The number of ether oxygens (including phenoxy) is 2. The molecule has 0 unspecified atom stereocenters. The minimum absolute atomic E-state index is 0.00851. The summed E-state index contributed by atoms with van der Waals surface area (Å²) in [7, 11) is 1.41. The molecule has 1 fully saturated rings. The van der Waals surface area contributed by atoms with Crippen molar-refractivity contribution in [3.63, 3.8) is 0 Å². The summed E-state index contributed by atoms with van der Waals surface area (Å²) < 4.78 is 24.6. The van der Waals surface area contributed by atoms with E-state index in [1.807, 2.05) is 20.8 Å². The number of carbonyl (C=O) groups is 2. The molecule has 0 aliphatic heterocycles. The van der Waals surface area contributed by atoms with Crippen LogP contribution in [0.25, 0.3) is 0 Å². The molecule has 3 rings (SSSR count). The van der Waals surface area contributed by atoms with Crippen LogP contribution in [0.4, 0.5) is 21.0 Å². The summed E-state index contributed by atoms with van der Waals surface area (Å²) in [5.41, 5.74) is 6.00. The van der Waals surface area contributed by atoms with E-state index in [9.17, 15) is 14.0 Å². The maximum atomic E-state index is 14.1. The summed E-state index contributed by atoms with van der Waals surface area (Å²) in [6.45, 7) is 7.07. The number of nitrogens with one attached hydrogen (secondary N) is 2. The number of hydrogen-bond acceptors (Lipinski definition) is 8. The van der Waals surface area contributed by atoms with Crippen LogP contribution in [0.15, 0.2) is 18.3 Å². The molecule has 0 bridgehead atoms. The van der Waals surface area contributed by atoms with Crippen molar-refractivity contribution in [2.24, 2.45) is 0 Å². The van der Waals surface area contributed by atoms with E-state index in [4.69, 9.17) is 15.2 Å². The molecule has 1 heterocycles. The summed E-state index contributed by atoms with van der Waals surface area (Å²) in [5, 5.41) is 6.14. The maximum absolute atomic E-state index is 14.1. The van der Waals surface area contributed by atoms with Crippen molar-refractivity contribution in [1.82, 2.24) is 15.3 Å². The zero-order valence-electron chi connectivity index (χ0n) is 20.2. The molecule has 0 spiro atoms. The predicted octanol–water partition coefficient (Wildman–Crippen LogP) is 3.99. The normalized spacial score (nSPS) is 18.2. The van der Waals surface area contributed by atoms with Crippen LogP contribution < -0.4 is 21.1 Å². The van der Waals surface area contributed by atoms with Gasteiger partial charge in [-0.05, 0) is 71.1 Å². The lowest BCUT2D eigenvalue weighted by Crippen LogP contribution is -2.42. The molecule has 0 atom stereocenters. The lowest BCUT2D eigenvalue weighted by molar-refractivity contribution is 0.0492. The van der Waals surface area contributed by atoms with Gasteiger partial charge < -0.3 is 25.8 Å². The topological polar surface area (TPSA) is 128 Å². The summed E-state index contributed by atoms with van der Waals surface area (Å²) in [6, 6.07) is 2.74. The van der Waals surface area contributed by atoms with Crippen LogP contribution >= 0.6 is 0 Å². The molecular formula is C24H32FN5O4. The number of aryl methyl sites for hydroxylation is 1. The third-order valence-electron chi connectivity index (χ3n) is 5.57. The lowest BCUT2D eigenvalue weighted by atomic mass is 9.91. The molecule has 1 aliphatic rings. The van der Waals surface area contributed by atoms with Gasteiger partial charge in [0.25, 0.3) is 0 Å². The van der Waals surface area contributed by atoms with E-state index in [1.165, 1.54) is 19.4 Å². The van der Waals surface area contributed by atoms with Crippen LogP contribution in [0, 0.1) is 12.7 Å². The molecule has 34 heavy (non-hydrogen) atoms. The number of halogens is 1. The highest BCUT2D eigenvalue weighted by Crippen LogP contribution is 2.27. The van der Waals surface area contributed by atoms with Gasteiger partial charge in [0, 0.05) is 18.3 Å². The quantitative estimate of drug-likeness (QED) is 0.537. The van der Waals surface area contributed by atoms with Gasteiger partial charge in [-0.15, -0.1) is 0 Å². The lowest BCUT2D eigenvalue weighted by Gasteiger charge is -2.30. The summed E-state index contributed by atoms with van der Waals surface area (Å²) >= 11 is 0. The fourth-order valence-electron chi connectivity index (χ4n) is 3.82. The monoisotopic (exact) mass is 473 g/mol. The van der Waals surface area contributed by atoms with E-state index >= 15 is 0 Å². The largest absolute Gasteiger partial charge is 0.496 e. The summed E-state index contributed by atoms with van der Waals surface area (Å²) in [6.07, 6.45) is 4.07. The smallest absolute Gasteiger partial charge is 0.407 e. The average Bonchev–Trinajstić information content (AvgIpc) is 2.75. The van der Waals surface area contributed by atoms with Crippen LogP contribution in [-0.2, 0) is 4.74 Å². The zero-order chi connectivity index (χ0) is 25.0. The van der Waals surface area contributed by atoms with Gasteiger partial charge >= 0.3 is 6.09 Å². The fraction of sp³-hybridized carbons (Fsp3) is 0.500. The molecule has 1 amide bonds. The second-order valence-electron chi connectivity index (χ2n) is 9.46. The van der Waals surface area contributed by atoms with Crippen LogP contribution in [0.1, 0.15) is 67.9 Å². The Morgan fingerprint density at radius 2 is 1.76 bits per heavy atom. The van der Waals surface area contributed by atoms with Crippen LogP contribution in [0.2, 0.25) is 0 Å².